The molecule has 0 aliphatic carbocycles. The zero-order chi connectivity index (χ0) is 21.3. The van der Waals surface area contributed by atoms with Gasteiger partial charge in [-0.1, -0.05) is 34.1 Å². The third-order valence-corrected chi connectivity index (χ3v) is 5.78. The highest BCUT2D eigenvalue weighted by Crippen LogP contribution is 2.44. The van der Waals surface area contributed by atoms with Gasteiger partial charge >= 0.3 is 0 Å². The summed E-state index contributed by atoms with van der Waals surface area (Å²) in [6.07, 6.45) is 0.708. The number of rotatable bonds is 7. The average molecular weight is 472 g/mol. The fraction of sp³-hybridized carbons (Fsp3) is 0.273. The lowest BCUT2D eigenvalue weighted by molar-refractivity contribution is 0.0723. The summed E-state index contributed by atoms with van der Waals surface area (Å²) in [4.78, 5) is 15.0. The third-order valence-electron chi connectivity index (χ3n) is 5.25. The predicted octanol–water partition coefficient (Wildman–Crippen LogP) is 4.14. The van der Waals surface area contributed by atoms with Crippen LogP contribution in [0, 0.1) is 0 Å². The Bertz CT molecular complexity index is 1060. The van der Waals surface area contributed by atoms with Gasteiger partial charge in [0.25, 0.3) is 5.91 Å². The van der Waals surface area contributed by atoms with Crippen molar-refractivity contribution in [1.82, 2.24) is 15.1 Å². The van der Waals surface area contributed by atoms with Crippen LogP contribution in [0.3, 0.4) is 0 Å². The molecule has 30 heavy (non-hydrogen) atoms. The molecule has 1 atom stereocenters. The number of aromatic nitrogens is 2. The molecule has 1 aromatic heterocycles. The number of nitrogens with one attached hydrogen (secondary N) is 1. The molecule has 2 N–H and O–H groups in total. The van der Waals surface area contributed by atoms with E-state index >= 15 is 0 Å². The highest BCUT2D eigenvalue weighted by Gasteiger charge is 2.42. The smallest absolute Gasteiger partial charge is 0.273 e. The molecule has 8 heteroatoms. The van der Waals surface area contributed by atoms with Gasteiger partial charge in [-0.15, -0.1) is 0 Å². The number of phenols is 1. The lowest BCUT2D eigenvalue weighted by Crippen LogP contribution is -2.31. The van der Waals surface area contributed by atoms with Gasteiger partial charge < -0.3 is 19.5 Å². The SMILES string of the molecule is COCCCN1C(=O)c2[nH]nc(-c3ccc(Br)cc3)c2C1c1ccc(O)c(OC)c1. The quantitative estimate of drug-likeness (QED) is 0.505. The summed E-state index contributed by atoms with van der Waals surface area (Å²) in [7, 11) is 3.15. The summed E-state index contributed by atoms with van der Waals surface area (Å²) in [5, 5.41) is 17.4. The van der Waals surface area contributed by atoms with Crippen molar-refractivity contribution < 1.29 is 19.4 Å². The Morgan fingerprint density at radius 3 is 2.67 bits per heavy atom. The van der Waals surface area contributed by atoms with Crippen LogP contribution in [0.2, 0.25) is 0 Å². The van der Waals surface area contributed by atoms with Gasteiger partial charge in [0, 0.05) is 35.9 Å². The predicted molar refractivity (Wildman–Crippen MR) is 116 cm³/mol. The summed E-state index contributed by atoms with van der Waals surface area (Å²) < 4.78 is 11.4. The first-order chi connectivity index (χ1) is 14.5. The number of fused-ring (bicyclic) bond motifs is 1. The molecular formula is C22H22BrN3O4. The number of nitrogens with zero attached hydrogens (tertiary/aromatic N) is 2. The summed E-state index contributed by atoms with van der Waals surface area (Å²) in [5.41, 5.74) is 3.80. The number of methoxy groups -OCH3 is 2. The number of hydrogen-bond acceptors (Lipinski definition) is 5. The van der Waals surface area contributed by atoms with Crippen molar-refractivity contribution in [3.8, 4) is 22.8 Å². The van der Waals surface area contributed by atoms with Gasteiger partial charge in [-0.25, -0.2) is 0 Å². The maximum Gasteiger partial charge on any atom is 0.273 e. The van der Waals surface area contributed by atoms with Crippen LogP contribution in [-0.4, -0.2) is 53.5 Å². The molecule has 2 heterocycles. The van der Waals surface area contributed by atoms with E-state index in [1.54, 1.807) is 19.2 Å². The molecule has 0 fully saturated rings. The first kappa shape index (κ1) is 20.4. The molecule has 0 saturated heterocycles. The van der Waals surface area contributed by atoms with Crippen LogP contribution in [0.4, 0.5) is 0 Å². The van der Waals surface area contributed by atoms with Gasteiger partial charge in [0.05, 0.1) is 18.8 Å². The second-order valence-electron chi connectivity index (χ2n) is 7.05. The Morgan fingerprint density at radius 1 is 1.20 bits per heavy atom. The zero-order valence-corrected chi connectivity index (χ0v) is 18.3. The Morgan fingerprint density at radius 2 is 1.97 bits per heavy atom. The van der Waals surface area contributed by atoms with Gasteiger partial charge in [-0.2, -0.15) is 5.10 Å². The number of aromatic hydroxyl groups is 1. The topological polar surface area (TPSA) is 87.7 Å². The van der Waals surface area contributed by atoms with Crippen LogP contribution in [-0.2, 0) is 4.74 Å². The molecule has 2 aromatic carbocycles. The van der Waals surface area contributed by atoms with Crippen molar-refractivity contribution in [3.05, 3.63) is 63.8 Å². The summed E-state index contributed by atoms with van der Waals surface area (Å²) >= 11 is 3.46. The van der Waals surface area contributed by atoms with Crippen LogP contribution in [0.15, 0.2) is 46.9 Å². The number of phenolic OH excluding ortho intramolecular Hbond substituents is 1. The number of halogens is 1. The number of benzene rings is 2. The molecule has 1 unspecified atom stereocenters. The lowest BCUT2D eigenvalue weighted by atomic mass is 9.95. The van der Waals surface area contributed by atoms with Gasteiger partial charge in [0.2, 0.25) is 0 Å². The molecule has 1 amide bonds. The maximum absolute atomic E-state index is 13.2. The van der Waals surface area contributed by atoms with E-state index in [1.165, 1.54) is 7.11 Å². The normalized spacial score (nSPS) is 15.5. The van der Waals surface area contributed by atoms with E-state index < -0.39 is 0 Å². The third kappa shape index (κ3) is 3.57. The standard InChI is InChI=1S/C22H22BrN3O4/c1-29-11-3-10-26-21(14-6-9-16(27)17(12-14)30-2)18-19(24-25-20(18)22(26)28)13-4-7-15(23)8-5-13/h4-9,12,21,27H,3,10-11H2,1-2H3,(H,24,25). The maximum atomic E-state index is 13.2. The molecule has 1 aliphatic rings. The summed E-state index contributed by atoms with van der Waals surface area (Å²) in [6.45, 7) is 1.09. The summed E-state index contributed by atoms with van der Waals surface area (Å²) in [6, 6.07) is 12.6. The van der Waals surface area contributed by atoms with Crippen LogP contribution in [0.1, 0.15) is 34.1 Å². The highest BCUT2D eigenvalue weighted by molar-refractivity contribution is 9.10. The minimum Gasteiger partial charge on any atom is -0.504 e. The molecule has 0 radical (unpaired) electrons. The van der Waals surface area contributed by atoms with Gasteiger partial charge in [-0.3, -0.25) is 9.89 Å². The Balaban J connectivity index is 1.83. The fourth-order valence-electron chi connectivity index (χ4n) is 3.85. The second kappa shape index (κ2) is 8.49. The minimum absolute atomic E-state index is 0.0528. The van der Waals surface area contributed by atoms with Crippen LogP contribution >= 0.6 is 15.9 Å². The van der Waals surface area contributed by atoms with Crippen molar-refractivity contribution in [2.24, 2.45) is 0 Å². The van der Waals surface area contributed by atoms with Crippen LogP contribution in [0.25, 0.3) is 11.3 Å². The molecule has 4 rings (SSSR count). The van der Waals surface area contributed by atoms with Crippen LogP contribution < -0.4 is 4.74 Å². The van der Waals surface area contributed by atoms with E-state index in [-0.39, 0.29) is 17.7 Å². The molecule has 3 aromatic rings. The first-order valence-corrected chi connectivity index (χ1v) is 10.4. The zero-order valence-electron chi connectivity index (χ0n) is 16.7. The molecule has 0 bridgehead atoms. The van der Waals surface area contributed by atoms with Crippen molar-refractivity contribution in [2.75, 3.05) is 27.4 Å². The Labute approximate surface area is 182 Å². The van der Waals surface area contributed by atoms with E-state index in [0.29, 0.717) is 31.0 Å². The molecule has 1 aliphatic heterocycles. The average Bonchev–Trinajstić information content (AvgIpc) is 3.29. The minimum atomic E-state index is -0.351. The van der Waals surface area contributed by atoms with Crippen molar-refractivity contribution in [2.45, 2.75) is 12.5 Å². The molecule has 0 spiro atoms. The first-order valence-electron chi connectivity index (χ1n) is 9.56. The number of carbonyl (C=O) groups is 1. The van der Waals surface area contributed by atoms with Gasteiger partial charge in [0.1, 0.15) is 5.69 Å². The number of aromatic amines is 1. The fourth-order valence-corrected chi connectivity index (χ4v) is 4.11. The van der Waals surface area contributed by atoms with E-state index in [4.69, 9.17) is 9.47 Å². The molecular weight excluding hydrogens is 450 g/mol. The van der Waals surface area contributed by atoms with E-state index in [9.17, 15) is 9.90 Å². The largest absolute Gasteiger partial charge is 0.504 e. The van der Waals surface area contributed by atoms with Crippen molar-refractivity contribution >= 4 is 21.8 Å². The van der Waals surface area contributed by atoms with E-state index in [1.807, 2.05) is 35.2 Å². The van der Waals surface area contributed by atoms with Gasteiger partial charge in [-0.05, 0) is 36.2 Å². The molecule has 7 nitrogen and oxygen atoms in total. The number of carbonyl (C=O) groups excluding carboxylic acids is 1. The van der Waals surface area contributed by atoms with E-state index in [2.05, 4.69) is 26.1 Å². The van der Waals surface area contributed by atoms with Crippen molar-refractivity contribution in [3.63, 3.8) is 0 Å². The highest BCUT2D eigenvalue weighted by atomic mass is 79.9. The van der Waals surface area contributed by atoms with Crippen LogP contribution in [0.5, 0.6) is 11.5 Å². The number of amides is 1. The molecule has 156 valence electrons. The van der Waals surface area contributed by atoms with E-state index in [0.717, 1.165) is 26.9 Å². The molecule has 0 saturated carbocycles. The number of hydrogen-bond donors (Lipinski definition) is 2. The number of H-pyrrole nitrogens is 1. The monoisotopic (exact) mass is 471 g/mol. The number of ether oxygens (including phenoxy) is 2. The Kier molecular flexibility index (Phi) is 5.78. The Hall–Kier alpha value is -2.84. The van der Waals surface area contributed by atoms with Crippen molar-refractivity contribution in [1.29, 1.82) is 0 Å². The second-order valence-corrected chi connectivity index (χ2v) is 7.96. The lowest BCUT2D eigenvalue weighted by Gasteiger charge is -2.26. The van der Waals surface area contributed by atoms with Gasteiger partial charge in [0.15, 0.2) is 11.5 Å². The summed E-state index contributed by atoms with van der Waals surface area (Å²) in [5.74, 6) is 0.310.